The average Bonchev–Trinajstić information content (AvgIpc) is 2.61. The maximum absolute atomic E-state index is 12.7. The van der Waals surface area contributed by atoms with Crippen molar-refractivity contribution in [1.82, 2.24) is 4.98 Å². The van der Waals surface area contributed by atoms with Crippen molar-refractivity contribution in [2.75, 3.05) is 0 Å². The second-order valence-corrected chi connectivity index (χ2v) is 6.97. The second-order valence-electron chi connectivity index (χ2n) is 6.06. The van der Waals surface area contributed by atoms with Crippen molar-refractivity contribution >= 4 is 21.7 Å². The molecule has 0 bridgehead atoms. The highest BCUT2D eigenvalue weighted by Crippen LogP contribution is 2.30. The summed E-state index contributed by atoms with van der Waals surface area (Å²) < 4.78 is 0.991. The number of aromatic nitrogens is 1. The Hall–Kier alpha value is -2.46. The molecular weight excluding hydrogens is 378 g/mol. The number of halogens is 1. The summed E-state index contributed by atoms with van der Waals surface area (Å²) in [5.74, 6) is -0.253. The average molecular weight is 396 g/mol. The molecule has 0 spiro atoms. The number of benzene rings is 2. The van der Waals surface area contributed by atoms with Crippen molar-refractivity contribution in [3.63, 3.8) is 0 Å². The van der Waals surface area contributed by atoms with Crippen LogP contribution in [-0.4, -0.2) is 10.8 Å². The molecule has 0 aliphatic heterocycles. The zero-order chi connectivity index (χ0) is 17.8. The molecule has 0 saturated carbocycles. The van der Waals surface area contributed by atoms with E-state index in [0.29, 0.717) is 0 Å². The topological polar surface area (TPSA) is 49.9 Å². The molecule has 126 valence electrons. The lowest BCUT2D eigenvalue weighted by Gasteiger charge is -2.18. The number of Topliss-reactive ketones (excluding diaryl/α,β-unsaturated/α-hetero) is 1. The molecular formula is C21H18BrNO2. The maximum atomic E-state index is 12.7. The van der Waals surface area contributed by atoms with E-state index in [9.17, 15) is 9.59 Å². The van der Waals surface area contributed by atoms with Crippen LogP contribution in [0.25, 0.3) is 0 Å². The van der Waals surface area contributed by atoms with E-state index in [4.69, 9.17) is 0 Å². The van der Waals surface area contributed by atoms with Gasteiger partial charge in [0.15, 0.2) is 5.78 Å². The van der Waals surface area contributed by atoms with Gasteiger partial charge in [-0.15, -0.1) is 0 Å². The fourth-order valence-electron chi connectivity index (χ4n) is 2.95. The second kappa shape index (κ2) is 7.62. The molecule has 2 aromatic carbocycles. The van der Waals surface area contributed by atoms with Crippen molar-refractivity contribution in [2.45, 2.75) is 19.3 Å². The van der Waals surface area contributed by atoms with Crippen LogP contribution in [0.15, 0.2) is 76.1 Å². The van der Waals surface area contributed by atoms with Crippen LogP contribution in [0.5, 0.6) is 0 Å². The van der Waals surface area contributed by atoms with Crippen molar-refractivity contribution < 1.29 is 4.79 Å². The standard InChI is InChI=1S/C21H18BrNO2/c1-14-4-2-5-16(12-14)19(15-7-9-17(22)10-8-15)13-20(24)18-6-3-11-23-21(18)25/h2-12,19H,13H2,1H3,(H,23,25)/t19-/m1/s1. The molecule has 0 aliphatic carbocycles. The largest absolute Gasteiger partial charge is 0.328 e. The lowest BCUT2D eigenvalue weighted by Crippen LogP contribution is -2.19. The first-order valence-electron chi connectivity index (χ1n) is 8.07. The van der Waals surface area contributed by atoms with E-state index in [1.54, 1.807) is 12.1 Å². The number of carbonyl (C=O) groups excluding carboxylic acids is 1. The molecule has 1 aromatic heterocycles. The molecule has 1 N–H and O–H groups in total. The van der Waals surface area contributed by atoms with E-state index in [1.807, 2.05) is 49.4 Å². The molecule has 3 rings (SSSR count). The summed E-state index contributed by atoms with van der Waals surface area (Å²) in [5, 5.41) is 0. The zero-order valence-corrected chi connectivity index (χ0v) is 15.4. The summed E-state index contributed by atoms with van der Waals surface area (Å²) in [7, 11) is 0. The van der Waals surface area contributed by atoms with Gasteiger partial charge < -0.3 is 4.98 Å². The minimum atomic E-state index is -0.341. The van der Waals surface area contributed by atoms with Gasteiger partial charge in [0.2, 0.25) is 0 Å². The number of ketones is 1. The van der Waals surface area contributed by atoms with E-state index >= 15 is 0 Å². The van der Waals surface area contributed by atoms with E-state index in [2.05, 4.69) is 27.0 Å². The van der Waals surface area contributed by atoms with Crippen molar-refractivity contribution in [3.05, 3.63) is 104 Å². The number of aryl methyl sites for hydroxylation is 1. The predicted molar refractivity (Wildman–Crippen MR) is 103 cm³/mol. The summed E-state index contributed by atoms with van der Waals surface area (Å²) in [6, 6.07) is 19.4. The molecule has 3 aromatic rings. The van der Waals surface area contributed by atoms with Gasteiger partial charge in [-0.2, -0.15) is 0 Å². The van der Waals surface area contributed by atoms with Crippen LogP contribution in [0, 0.1) is 6.92 Å². The van der Waals surface area contributed by atoms with Gasteiger partial charge in [-0.25, -0.2) is 0 Å². The highest BCUT2D eigenvalue weighted by molar-refractivity contribution is 9.10. The number of hydrogen-bond acceptors (Lipinski definition) is 2. The van der Waals surface area contributed by atoms with Gasteiger partial charge in [0.05, 0.1) is 5.56 Å². The van der Waals surface area contributed by atoms with Gasteiger partial charge >= 0.3 is 0 Å². The van der Waals surface area contributed by atoms with Crippen LogP contribution >= 0.6 is 15.9 Å². The highest BCUT2D eigenvalue weighted by atomic mass is 79.9. The molecule has 0 amide bonds. The smallest absolute Gasteiger partial charge is 0.258 e. The highest BCUT2D eigenvalue weighted by Gasteiger charge is 2.21. The number of rotatable bonds is 5. The van der Waals surface area contributed by atoms with Crippen LogP contribution in [0.3, 0.4) is 0 Å². The van der Waals surface area contributed by atoms with Crippen LogP contribution < -0.4 is 5.56 Å². The SMILES string of the molecule is Cc1cccc([C@H](CC(=O)c2ccc[nH]c2=O)c2ccc(Br)cc2)c1. The Morgan fingerprint density at radius 3 is 2.48 bits per heavy atom. The number of nitrogens with one attached hydrogen (secondary N) is 1. The molecule has 0 fully saturated rings. The quantitative estimate of drug-likeness (QED) is 0.627. The fourth-order valence-corrected chi connectivity index (χ4v) is 3.21. The molecule has 0 radical (unpaired) electrons. The Labute approximate surface area is 154 Å². The molecule has 0 saturated heterocycles. The summed E-state index contributed by atoms with van der Waals surface area (Å²) in [5.41, 5.74) is 3.13. The van der Waals surface area contributed by atoms with Crippen LogP contribution in [0.4, 0.5) is 0 Å². The minimum absolute atomic E-state index is 0.0971. The normalized spacial score (nSPS) is 11.9. The fraction of sp³-hybridized carbons (Fsp3) is 0.143. The molecule has 25 heavy (non-hydrogen) atoms. The van der Waals surface area contributed by atoms with Crippen LogP contribution in [0.2, 0.25) is 0 Å². The van der Waals surface area contributed by atoms with Gasteiger partial charge in [-0.05, 0) is 42.3 Å². The third-order valence-corrected chi connectivity index (χ3v) is 4.75. The number of hydrogen-bond donors (Lipinski definition) is 1. The first-order chi connectivity index (χ1) is 12.0. The first-order valence-corrected chi connectivity index (χ1v) is 8.87. The number of carbonyl (C=O) groups is 1. The lowest BCUT2D eigenvalue weighted by atomic mass is 9.85. The minimum Gasteiger partial charge on any atom is -0.328 e. The van der Waals surface area contributed by atoms with E-state index in [0.717, 1.165) is 21.2 Å². The third kappa shape index (κ3) is 4.15. The maximum Gasteiger partial charge on any atom is 0.258 e. The molecule has 0 aliphatic rings. The van der Waals surface area contributed by atoms with Crippen molar-refractivity contribution in [2.24, 2.45) is 0 Å². The number of pyridine rings is 1. The summed E-state index contributed by atoms with van der Waals surface area (Å²) in [4.78, 5) is 27.2. The Morgan fingerprint density at radius 1 is 1.04 bits per heavy atom. The van der Waals surface area contributed by atoms with Gasteiger partial charge in [0, 0.05) is 23.0 Å². The summed E-state index contributed by atoms with van der Waals surface area (Å²) in [6.45, 7) is 2.03. The van der Waals surface area contributed by atoms with E-state index in [-0.39, 0.29) is 29.2 Å². The monoisotopic (exact) mass is 395 g/mol. The lowest BCUT2D eigenvalue weighted by molar-refractivity contribution is 0.0976. The summed E-state index contributed by atoms with van der Waals surface area (Å²) in [6.07, 6.45) is 1.78. The Morgan fingerprint density at radius 2 is 1.80 bits per heavy atom. The molecule has 3 nitrogen and oxygen atoms in total. The number of H-pyrrole nitrogens is 1. The molecule has 1 atom stereocenters. The van der Waals surface area contributed by atoms with E-state index in [1.165, 1.54) is 6.20 Å². The van der Waals surface area contributed by atoms with Crippen molar-refractivity contribution in [3.8, 4) is 0 Å². The van der Waals surface area contributed by atoms with Gasteiger partial charge in [-0.3, -0.25) is 9.59 Å². The van der Waals surface area contributed by atoms with Crippen molar-refractivity contribution in [1.29, 1.82) is 0 Å². The van der Waals surface area contributed by atoms with Gasteiger partial charge in [-0.1, -0.05) is 57.9 Å². The Balaban J connectivity index is 1.99. The third-order valence-electron chi connectivity index (χ3n) is 4.22. The molecule has 0 unspecified atom stereocenters. The first kappa shape index (κ1) is 17.4. The van der Waals surface area contributed by atoms with Crippen LogP contribution in [0.1, 0.15) is 39.4 Å². The Kier molecular flexibility index (Phi) is 5.29. The van der Waals surface area contributed by atoms with Gasteiger partial charge in [0.25, 0.3) is 5.56 Å². The summed E-state index contributed by atoms with van der Waals surface area (Å²) >= 11 is 3.45. The molecule has 4 heteroatoms. The number of aromatic amines is 1. The Bertz CT molecular complexity index is 944. The zero-order valence-electron chi connectivity index (χ0n) is 13.8. The van der Waals surface area contributed by atoms with Crippen LogP contribution in [-0.2, 0) is 0 Å². The predicted octanol–water partition coefficient (Wildman–Crippen LogP) is 4.85. The van der Waals surface area contributed by atoms with E-state index < -0.39 is 0 Å². The molecule has 1 heterocycles. The van der Waals surface area contributed by atoms with Gasteiger partial charge in [0.1, 0.15) is 0 Å².